The van der Waals surface area contributed by atoms with Crippen LogP contribution in [0.3, 0.4) is 0 Å². The van der Waals surface area contributed by atoms with Crippen molar-refractivity contribution in [2.45, 2.75) is 44.4 Å². The van der Waals surface area contributed by atoms with Gasteiger partial charge < -0.3 is 26.3 Å². The molecule has 9 nitrogen and oxygen atoms in total. The Bertz CT molecular complexity index is 1230. The number of fused-ring (bicyclic) bond motifs is 1. The molecule has 2 aliphatic heterocycles. The number of amides is 1. The number of nitrogens with one attached hydrogen (secondary N) is 3. The van der Waals surface area contributed by atoms with Crippen LogP contribution in [0.25, 0.3) is 22.3 Å². The van der Waals surface area contributed by atoms with Gasteiger partial charge in [0, 0.05) is 42.5 Å². The molecule has 12 heteroatoms. The fourth-order valence-corrected chi connectivity index (χ4v) is 4.69. The molecular weight excluding hydrogens is 461 g/mol. The van der Waals surface area contributed by atoms with Gasteiger partial charge in [-0.1, -0.05) is 0 Å². The number of H-pyrrole nitrogens is 1. The maximum Gasteiger partial charge on any atom is 0.417 e. The molecule has 2 fully saturated rings. The van der Waals surface area contributed by atoms with Crippen molar-refractivity contribution in [1.29, 1.82) is 0 Å². The second-order valence-electron chi connectivity index (χ2n) is 9.21. The number of nitrogen functional groups attached to an aromatic ring is 1. The van der Waals surface area contributed by atoms with Crippen LogP contribution in [-0.4, -0.2) is 62.5 Å². The van der Waals surface area contributed by atoms with Crippen molar-refractivity contribution in [2.75, 3.05) is 30.7 Å². The van der Waals surface area contributed by atoms with Crippen molar-refractivity contribution >= 4 is 28.6 Å². The second-order valence-corrected chi connectivity index (χ2v) is 9.21. The number of aromatic amines is 1. The van der Waals surface area contributed by atoms with Crippen molar-refractivity contribution in [3.63, 3.8) is 0 Å². The first-order valence-electron chi connectivity index (χ1n) is 11.7. The number of piperidine rings is 1. The summed E-state index contributed by atoms with van der Waals surface area (Å²) in [5.41, 5.74) is 6.57. The Hall–Kier alpha value is -3.41. The van der Waals surface area contributed by atoms with E-state index in [0.29, 0.717) is 41.9 Å². The van der Waals surface area contributed by atoms with E-state index in [1.165, 1.54) is 6.20 Å². The molecule has 0 bridgehead atoms. The number of nitrogens with two attached hydrogens (primary N) is 1. The summed E-state index contributed by atoms with van der Waals surface area (Å²) in [6, 6.07) is 1.04. The Morgan fingerprint density at radius 3 is 2.63 bits per heavy atom. The van der Waals surface area contributed by atoms with Gasteiger partial charge in [0.15, 0.2) is 0 Å². The van der Waals surface area contributed by atoms with Gasteiger partial charge in [0.05, 0.1) is 23.5 Å². The zero-order chi connectivity index (χ0) is 24.7. The number of pyridine rings is 1. The number of carbonyl (C=O) groups excluding carboxylic acids is 1. The molecule has 5 N–H and O–H groups in total. The fraction of sp³-hybridized carbons (Fsp3) is 0.478. The van der Waals surface area contributed by atoms with Crippen LogP contribution < -0.4 is 16.4 Å². The predicted octanol–water partition coefficient (Wildman–Crippen LogP) is 3.02. The number of alkyl halides is 3. The number of likely N-dealkylation sites (tertiary alicyclic amines) is 1. The zero-order valence-corrected chi connectivity index (χ0v) is 19.2. The third kappa shape index (κ3) is 4.62. The number of anilines is 2. The number of carbonyl (C=O) groups is 1. The number of nitrogens with zero attached hydrogens (tertiary/aromatic N) is 4. The summed E-state index contributed by atoms with van der Waals surface area (Å²) >= 11 is 0. The van der Waals surface area contributed by atoms with Gasteiger partial charge in [-0.15, -0.1) is 0 Å². The number of hydrogen-bond donors (Lipinski definition) is 4. The van der Waals surface area contributed by atoms with Crippen LogP contribution in [0.15, 0.2) is 24.7 Å². The number of rotatable bonds is 5. The molecule has 0 unspecified atom stereocenters. The normalized spacial score (nSPS) is 20.0. The van der Waals surface area contributed by atoms with Crippen LogP contribution >= 0.6 is 0 Å². The topological polar surface area (TPSA) is 125 Å². The summed E-state index contributed by atoms with van der Waals surface area (Å²) in [5, 5.41) is 6.75. The molecule has 0 radical (unpaired) electrons. The highest BCUT2D eigenvalue weighted by Crippen LogP contribution is 2.35. The van der Waals surface area contributed by atoms with Crippen molar-refractivity contribution in [2.24, 2.45) is 5.92 Å². The van der Waals surface area contributed by atoms with E-state index in [1.54, 1.807) is 6.20 Å². The van der Waals surface area contributed by atoms with E-state index in [9.17, 15) is 18.0 Å². The monoisotopic (exact) mass is 488 g/mol. The Morgan fingerprint density at radius 1 is 1.23 bits per heavy atom. The molecule has 0 saturated carbocycles. The molecule has 2 atom stereocenters. The molecule has 0 aliphatic carbocycles. The van der Waals surface area contributed by atoms with Gasteiger partial charge in [-0.05, 0) is 44.7 Å². The van der Waals surface area contributed by atoms with E-state index in [1.807, 2.05) is 11.8 Å². The average molecular weight is 489 g/mol. The maximum absolute atomic E-state index is 13.2. The fourth-order valence-electron chi connectivity index (χ4n) is 4.69. The van der Waals surface area contributed by atoms with E-state index in [-0.39, 0.29) is 29.1 Å². The summed E-state index contributed by atoms with van der Waals surface area (Å²) in [6.45, 7) is 4.37. The van der Waals surface area contributed by atoms with Crippen LogP contribution in [0, 0.1) is 5.92 Å². The Morgan fingerprint density at radius 2 is 1.97 bits per heavy atom. The summed E-state index contributed by atoms with van der Waals surface area (Å²) in [4.78, 5) is 30.0. The van der Waals surface area contributed by atoms with E-state index >= 15 is 0 Å². The standard InChI is InChI=1S/C23H27F3N8O/c1-12(13-3-6-34(7-4-13)21(35)18-2-5-28-18)32-22-31-11-17(27)19(33-22)16-10-30-20-15(16)8-14(9-29-20)23(24,25)26/h8-13,18,28H,2-7,27H2,1H3,(H,29,30)(H,31,32,33)/t12-,18-/m1/s1. The predicted molar refractivity (Wildman–Crippen MR) is 125 cm³/mol. The molecule has 3 aromatic rings. The minimum atomic E-state index is -4.51. The lowest BCUT2D eigenvalue weighted by Gasteiger charge is -2.38. The summed E-state index contributed by atoms with van der Waals surface area (Å²) in [6.07, 6.45) is 1.91. The second kappa shape index (κ2) is 8.99. The van der Waals surface area contributed by atoms with E-state index < -0.39 is 11.7 Å². The van der Waals surface area contributed by atoms with E-state index in [0.717, 1.165) is 38.1 Å². The highest BCUT2D eigenvalue weighted by Gasteiger charge is 2.33. The molecule has 1 amide bonds. The summed E-state index contributed by atoms with van der Waals surface area (Å²) < 4.78 is 39.6. The summed E-state index contributed by atoms with van der Waals surface area (Å²) in [7, 11) is 0. The Kier molecular flexibility index (Phi) is 5.99. The van der Waals surface area contributed by atoms with Gasteiger partial charge in [0.1, 0.15) is 11.3 Å². The van der Waals surface area contributed by atoms with Crippen LogP contribution in [0.5, 0.6) is 0 Å². The van der Waals surface area contributed by atoms with Gasteiger partial charge in [-0.25, -0.2) is 15.0 Å². The van der Waals surface area contributed by atoms with E-state index in [2.05, 4.69) is 30.6 Å². The average Bonchev–Trinajstić information content (AvgIpc) is 3.22. The van der Waals surface area contributed by atoms with Crippen LogP contribution in [0.1, 0.15) is 31.7 Å². The molecule has 35 heavy (non-hydrogen) atoms. The van der Waals surface area contributed by atoms with Crippen LogP contribution in [0.2, 0.25) is 0 Å². The van der Waals surface area contributed by atoms with Gasteiger partial charge in [-0.3, -0.25) is 4.79 Å². The smallest absolute Gasteiger partial charge is 0.396 e. The first kappa shape index (κ1) is 23.3. The molecule has 186 valence electrons. The summed E-state index contributed by atoms with van der Waals surface area (Å²) in [5.74, 6) is 0.849. The van der Waals surface area contributed by atoms with Crippen LogP contribution in [-0.2, 0) is 11.0 Å². The third-order valence-corrected chi connectivity index (χ3v) is 6.97. The maximum atomic E-state index is 13.2. The lowest BCUT2D eigenvalue weighted by atomic mass is 9.89. The van der Waals surface area contributed by atoms with Crippen molar-refractivity contribution in [1.82, 2.24) is 30.2 Å². The van der Waals surface area contributed by atoms with Gasteiger partial charge in [0.25, 0.3) is 0 Å². The highest BCUT2D eigenvalue weighted by atomic mass is 19.4. The van der Waals surface area contributed by atoms with Crippen molar-refractivity contribution in [3.8, 4) is 11.3 Å². The molecule has 2 saturated heterocycles. The first-order chi connectivity index (χ1) is 16.7. The number of halogens is 3. The third-order valence-electron chi connectivity index (χ3n) is 6.97. The van der Waals surface area contributed by atoms with E-state index in [4.69, 9.17) is 5.73 Å². The highest BCUT2D eigenvalue weighted by molar-refractivity contribution is 5.95. The molecule has 0 spiro atoms. The SMILES string of the molecule is C[C@@H](Nc1ncc(N)c(-c2c[nH]c3ncc(C(F)(F)F)cc23)n1)C1CCN(C(=O)[C@H]2CCN2)CC1. The molecule has 2 aliphatic rings. The molecular formula is C23H27F3N8O. The van der Waals surface area contributed by atoms with Crippen molar-refractivity contribution in [3.05, 3.63) is 30.2 Å². The van der Waals surface area contributed by atoms with Crippen molar-refractivity contribution < 1.29 is 18.0 Å². The first-order valence-corrected chi connectivity index (χ1v) is 11.7. The van der Waals surface area contributed by atoms with Gasteiger partial charge in [-0.2, -0.15) is 13.2 Å². The molecule has 5 rings (SSSR count). The zero-order valence-electron chi connectivity index (χ0n) is 19.2. The quantitative estimate of drug-likeness (QED) is 0.435. The Balaban J connectivity index is 1.31. The molecule has 3 aromatic heterocycles. The largest absolute Gasteiger partial charge is 0.417 e. The lowest BCUT2D eigenvalue weighted by molar-refractivity contribution is -0.138. The van der Waals surface area contributed by atoms with Gasteiger partial charge in [0.2, 0.25) is 11.9 Å². The lowest BCUT2D eigenvalue weighted by Crippen LogP contribution is -2.56. The number of hydrogen-bond acceptors (Lipinski definition) is 7. The van der Waals surface area contributed by atoms with Crippen LogP contribution in [0.4, 0.5) is 24.8 Å². The minimum Gasteiger partial charge on any atom is -0.396 e. The molecule has 5 heterocycles. The Labute approximate surface area is 199 Å². The van der Waals surface area contributed by atoms with Gasteiger partial charge >= 0.3 is 6.18 Å². The minimum absolute atomic E-state index is 0.0318. The molecule has 0 aromatic carbocycles. The number of aromatic nitrogens is 4.